The van der Waals surface area contributed by atoms with Gasteiger partial charge in [0, 0.05) is 35.0 Å². The van der Waals surface area contributed by atoms with Crippen LogP contribution in [-0.2, 0) is 6.42 Å². The Morgan fingerprint density at radius 3 is 2.41 bits per heavy atom. The Morgan fingerprint density at radius 1 is 0.969 bits per heavy atom. The minimum atomic E-state index is 0.306. The second kappa shape index (κ2) is 9.04. The predicted molar refractivity (Wildman–Crippen MR) is 126 cm³/mol. The molecule has 2 aromatic heterocycles. The van der Waals surface area contributed by atoms with Crippen molar-refractivity contribution >= 4 is 10.9 Å². The van der Waals surface area contributed by atoms with Gasteiger partial charge in [0.05, 0.1) is 19.9 Å². The van der Waals surface area contributed by atoms with Crippen LogP contribution in [0.1, 0.15) is 31.2 Å². The van der Waals surface area contributed by atoms with Crippen molar-refractivity contribution in [3.8, 4) is 34.2 Å². The van der Waals surface area contributed by atoms with Crippen LogP contribution in [0.4, 0.5) is 0 Å². The second-order valence-electron chi connectivity index (χ2n) is 8.45. The Kier molecular flexibility index (Phi) is 6.19. The van der Waals surface area contributed by atoms with E-state index in [0.717, 1.165) is 40.7 Å². The molecule has 0 saturated carbocycles. The third-order valence-corrected chi connectivity index (χ3v) is 5.57. The molecule has 0 aliphatic carbocycles. The zero-order valence-electron chi connectivity index (χ0n) is 19.5. The molecule has 0 amide bonds. The van der Waals surface area contributed by atoms with Crippen LogP contribution in [-0.4, -0.2) is 54.9 Å². The average molecular weight is 435 g/mol. The molecular formula is C25H30N4O3. The molecule has 0 radical (unpaired) electrons. The van der Waals surface area contributed by atoms with Crippen molar-refractivity contribution in [2.45, 2.75) is 26.2 Å². The van der Waals surface area contributed by atoms with E-state index in [0.29, 0.717) is 29.2 Å². The lowest BCUT2D eigenvalue weighted by molar-refractivity contribution is 0.355. The summed E-state index contributed by atoms with van der Waals surface area (Å²) in [6.07, 6.45) is 0.729. The molecule has 1 N–H and O–H groups in total. The lowest BCUT2D eigenvalue weighted by Crippen LogP contribution is -2.15. The molecule has 0 unspecified atom stereocenters. The van der Waals surface area contributed by atoms with Crippen molar-refractivity contribution in [1.29, 1.82) is 0 Å². The van der Waals surface area contributed by atoms with Crippen molar-refractivity contribution in [2.24, 2.45) is 0 Å². The van der Waals surface area contributed by atoms with E-state index in [1.54, 1.807) is 14.2 Å². The van der Waals surface area contributed by atoms with Crippen molar-refractivity contribution in [3.63, 3.8) is 0 Å². The van der Waals surface area contributed by atoms with Crippen molar-refractivity contribution < 1.29 is 13.9 Å². The summed E-state index contributed by atoms with van der Waals surface area (Å²) < 4.78 is 16.8. The zero-order valence-corrected chi connectivity index (χ0v) is 19.5. The first-order valence-electron chi connectivity index (χ1n) is 10.8. The molecule has 0 atom stereocenters. The number of H-pyrrole nitrogens is 1. The van der Waals surface area contributed by atoms with Crippen LogP contribution in [0.3, 0.4) is 0 Å². The third kappa shape index (κ3) is 4.21. The maximum Gasteiger partial charge on any atom is 0.247 e. The lowest BCUT2D eigenvalue weighted by atomic mass is 9.95. The average Bonchev–Trinajstić information content (AvgIpc) is 3.41. The normalized spacial score (nSPS) is 11.6. The van der Waals surface area contributed by atoms with Crippen LogP contribution in [0.2, 0.25) is 0 Å². The molecule has 7 heteroatoms. The molecule has 4 aromatic rings. The smallest absolute Gasteiger partial charge is 0.247 e. The van der Waals surface area contributed by atoms with E-state index < -0.39 is 0 Å². The number of rotatable bonds is 8. The fourth-order valence-corrected chi connectivity index (χ4v) is 3.96. The van der Waals surface area contributed by atoms with Gasteiger partial charge in [-0.2, -0.15) is 0 Å². The molecule has 32 heavy (non-hydrogen) atoms. The fourth-order valence-electron chi connectivity index (χ4n) is 3.96. The maximum absolute atomic E-state index is 5.93. The minimum Gasteiger partial charge on any atom is -0.493 e. The highest BCUT2D eigenvalue weighted by molar-refractivity contribution is 5.94. The SMILES string of the molecule is COc1ccc(-c2[nH]c3ccc(-c4nnc(CCN(C)C)o4)cc3c2C(C)C)cc1OC. The highest BCUT2D eigenvalue weighted by atomic mass is 16.5. The Hall–Kier alpha value is -3.32. The van der Waals surface area contributed by atoms with Gasteiger partial charge in [-0.1, -0.05) is 13.8 Å². The molecule has 0 bridgehead atoms. The number of benzene rings is 2. The molecule has 4 rings (SSSR count). The fraction of sp³-hybridized carbons (Fsp3) is 0.360. The van der Waals surface area contributed by atoms with Gasteiger partial charge in [0.25, 0.3) is 0 Å². The van der Waals surface area contributed by atoms with Gasteiger partial charge in [-0.15, -0.1) is 10.2 Å². The number of hydrogen-bond acceptors (Lipinski definition) is 6. The number of likely N-dealkylation sites (N-methyl/N-ethyl adjacent to an activating group) is 1. The van der Waals surface area contributed by atoms with Gasteiger partial charge < -0.3 is 23.8 Å². The van der Waals surface area contributed by atoms with Crippen LogP contribution in [0.15, 0.2) is 40.8 Å². The topological polar surface area (TPSA) is 76.4 Å². The van der Waals surface area contributed by atoms with Gasteiger partial charge in [0.15, 0.2) is 11.5 Å². The Bertz CT molecular complexity index is 1220. The zero-order chi connectivity index (χ0) is 22.8. The number of hydrogen-bond donors (Lipinski definition) is 1. The van der Waals surface area contributed by atoms with Gasteiger partial charge >= 0.3 is 0 Å². The Balaban J connectivity index is 1.77. The van der Waals surface area contributed by atoms with E-state index >= 15 is 0 Å². The number of aromatic nitrogens is 3. The highest BCUT2D eigenvalue weighted by Crippen LogP contribution is 2.40. The molecule has 7 nitrogen and oxygen atoms in total. The number of ether oxygens (including phenoxy) is 2. The van der Waals surface area contributed by atoms with Crippen LogP contribution in [0, 0.1) is 0 Å². The van der Waals surface area contributed by atoms with E-state index in [4.69, 9.17) is 13.9 Å². The Morgan fingerprint density at radius 2 is 1.72 bits per heavy atom. The molecule has 0 aliphatic rings. The first-order valence-corrected chi connectivity index (χ1v) is 10.8. The quantitative estimate of drug-likeness (QED) is 0.414. The summed E-state index contributed by atoms with van der Waals surface area (Å²) in [5.41, 5.74) is 5.34. The summed E-state index contributed by atoms with van der Waals surface area (Å²) >= 11 is 0. The lowest BCUT2D eigenvalue weighted by Gasteiger charge is -2.12. The van der Waals surface area contributed by atoms with E-state index in [2.05, 4.69) is 46.1 Å². The van der Waals surface area contributed by atoms with E-state index in [9.17, 15) is 0 Å². The number of fused-ring (bicyclic) bond motifs is 1. The van der Waals surface area contributed by atoms with Crippen molar-refractivity contribution in [3.05, 3.63) is 47.9 Å². The number of nitrogens with one attached hydrogen (secondary N) is 1. The van der Waals surface area contributed by atoms with Gasteiger partial charge in [0.1, 0.15) is 0 Å². The summed E-state index contributed by atoms with van der Waals surface area (Å²) in [4.78, 5) is 5.70. The van der Waals surface area contributed by atoms with Crippen molar-refractivity contribution in [2.75, 3.05) is 34.9 Å². The van der Waals surface area contributed by atoms with Gasteiger partial charge in [-0.25, -0.2) is 0 Å². The van der Waals surface area contributed by atoms with E-state index in [-0.39, 0.29) is 0 Å². The number of methoxy groups -OCH3 is 2. The van der Waals surface area contributed by atoms with Crippen LogP contribution in [0.25, 0.3) is 33.6 Å². The monoisotopic (exact) mass is 434 g/mol. The van der Waals surface area contributed by atoms with E-state index in [1.807, 2.05) is 38.4 Å². The van der Waals surface area contributed by atoms with Gasteiger partial charge in [0.2, 0.25) is 11.8 Å². The van der Waals surface area contributed by atoms with Crippen LogP contribution >= 0.6 is 0 Å². The Labute approximate surface area is 188 Å². The molecule has 0 fully saturated rings. The molecular weight excluding hydrogens is 404 g/mol. The van der Waals surface area contributed by atoms with Crippen LogP contribution in [0.5, 0.6) is 11.5 Å². The maximum atomic E-state index is 5.93. The summed E-state index contributed by atoms with van der Waals surface area (Å²) in [6, 6.07) is 12.2. The van der Waals surface area contributed by atoms with Crippen LogP contribution < -0.4 is 9.47 Å². The first kappa shape index (κ1) is 21.9. The molecule has 0 spiro atoms. The van der Waals surface area contributed by atoms with Gasteiger partial charge in [-0.05, 0) is 62.0 Å². The molecule has 0 saturated heterocycles. The first-order chi connectivity index (χ1) is 15.4. The molecule has 2 aromatic carbocycles. The number of aromatic amines is 1. The minimum absolute atomic E-state index is 0.306. The standard InChI is InChI=1S/C25H30N4O3/c1-15(2)23-18-13-17(25-28-27-22(32-25)11-12-29(3)4)7-9-19(18)26-24(23)16-8-10-20(30-5)21(14-16)31-6/h7-10,13-15,26H,11-12H2,1-6H3. The summed E-state index contributed by atoms with van der Waals surface area (Å²) in [6.45, 7) is 5.27. The highest BCUT2D eigenvalue weighted by Gasteiger charge is 2.19. The molecule has 2 heterocycles. The number of nitrogens with zero attached hydrogens (tertiary/aromatic N) is 3. The molecule has 168 valence electrons. The van der Waals surface area contributed by atoms with E-state index in [1.165, 1.54) is 5.56 Å². The largest absolute Gasteiger partial charge is 0.493 e. The predicted octanol–water partition coefficient (Wildman–Crippen LogP) is 5.13. The second-order valence-corrected chi connectivity index (χ2v) is 8.45. The van der Waals surface area contributed by atoms with Crippen molar-refractivity contribution in [1.82, 2.24) is 20.1 Å². The van der Waals surface area contributed by atoms with Gasteiger partial charge in [-0.3, -0.25) is 0 Å². The summed E-state index contributed by atoms with van der Waals surface area (Å²) in [5, 5.41) is 9.64. The third-order valence-electron chi connectivity index (χ3n) is 5.57. The summed E-state index contributed by atoms with van der Waals surface area (Å²) in [7, 11) is 7.35. The summed E-state index contributed by atoms with van der Waals surface area (Å²) in [5.74, 6) is 2.92. The molecule has 0 aliphatic heterocycles.